The van der Waals surface area contributed by atoms with Crippen molar-refractivity contribution in [2.24, 2.45) is 5.14 Å². The molecule has 0 bridgehead atoms. The van der Waals surface area contributed by atoms with Crippen LogP contribution in [0.25, 0.3) is 0 Å². The number of carbonyl (C=O) groups excluding carboxylic acids is 1. The predicted octanol–water partition coefficient (Wildman–Crippen LogP) is 0.667. The molecule has 7 heteroatoms. The number of sulfonamides is 1. The van der Waals surface area contributed by atoms with Crippen LogP contribution in [0.15, 0.2) is 41.4 Å². The summed E-state index contributed by atoms with van der Waals surface area (Å²) in [6.45, 7) is 5.49. The van der Waals surface area contributed by atoms with Gasteiger partial charge in [-0.1, -0.05) is 18.7 Å². The Balaban J connectivity index is 2.60. The highest BCUT2D eigenvalue weighted by Gasteiger charge is 2.07. The summed E-state index contributed by atoms with van der Waals surface area (Å²) in [7, 11) is -3.68. The van der Waals surface area contributed by atoms with Crippen molar-refractivity contribution in [3.05, 3.63) is 42.1 Å². The van der Waals surface area contributed by atoms with Crippen LogP contribution in [-0.4, -0.2) is 14.4 Å². The molecule has 6 nitrogen and oxygen atoms in total. The molecule has 1 aromatic carbocycles. The number of carbonyl (C=O) groups is 1. The smallest absolute Gasteiger partial charge is 0.319 e. The molecule has 0 aliphatic carbocycles. The van der Waals surface area contributed by atoms with E-state index in [1.807, 2.05) is 0 Å². The Bertz CT molecular complexity index is 549. The van der Waals surface area contributed by atoms with E-state index in [0.717, 1.165) is 5.56 Å². The quantitative estimate of drug-likeness (QED) is 0.748. The third-order valence-electron chi connectivity index (χ3n) is 2.03. The first-order valence-corrected chi connectivity index (χ1v) is 6.66. The summed E-state index contributed by atoms with van der Waals surface area (Å²) in [5.74, 6) is 0. The fourth-order valence-electron chi connectivity index (χ4n) is 1.22. The summed E-state index contributed by atoms with van der Waals surface area (Å²) in [4.78, 5) is 11.3. The minimum atomic E-state index is -3.68. The van der Waals surface area contributed by atoms with E-state index in [1.54, 1.807) is 19.1 Å². The molecule has 1 aromatic rings. The molecule has 18 heavy (non-hydrogen) atoms. The molecule has 0 heterocycles. The molecule has 0 unspecified atom stereocenters. The molecule has 0 spiro atoms. The molecular formula is C11H15N3O3S. The van der Waals surface area contributed by atoms with Crippen LogP contribution in [-0.2, 0) is 16.6 Å². The van der Waals surface area contributed by atoms with Crippen molar-refractivity contribution in [2.75, 3.05) is 0 Å². The average molecular weight is 269 g/mol. The average Bonchev–Trinajstić information content (AvgIpc) is 2.25. The highest BCUT2D eigenvalue weighted by atomic mass is 32.2. The zero-order chi connectivity index (χ0) is 13.8. The minimum absolute atomic E-state index is 0.0395. The predicted molar refractivity (Wildman–Crippen MR) is 68.0 cm³/mol. The Morgan fingerprint density at radius 1 is 1.33 bits per heavy atom. The number of rotatable bonds is 4. The van der Waals surface area contributed by atoms with Gasteiger partial charge in [-0.25, -0.2) is 18.4 Å². The van der Waals surface area contributed by atoms with Crippen LogP contribution in [0.4, 0.5) is 4.79 Å². The molecule has 0 aliphatic heterocycles. The SMILES string of the molecule is C=C(C)NC(=O)NCc1ccc(S(N)(=O)=O)cc1. The maximum absolute atomic E-state index is 11.3. The number of nitrogens with two attached hydrogens (primary N) is 1. The molecule has 0 radical (unpaired) electrons. The van der Waals surface area contributed by atoms with Gasteiger partial charge in [0.2, 0.25) is 10.0 Å². The van der Waals surface area contributed by atoms with Crippen molar-refractivity contribution in [3.63, 3.8) is 0 Å². The Kier molecular flexibility index (Phi) is 4.46. The van der Waals surface area contributed by atoms with Crippen LogP contribution < -0.4 is 15.8 Å². The van der Waals surface area contributed by atoms with Crippen LogP contribution in [0.3, 0.4) is 0 Å². The van der Waals surface area contributed by atoms with Crippen molar-refractivity contribution >= 4 is 16.1 Å². The molecule has 0 saturated carbocycles. The Hall–Kier alpha value is -1.86. The van der Waals surface area contributed by atoms with E-state index in [0.29, 0.717) is 5.70 Å². The maximum atomic E-state index is 11.3. The fraction of sp³-hybridized carbons (Fsp3) is 0.182. The standard InChI is InChI=1S/C11H15N3O3S/c1-8(2)14-11(15)13-7-9-3-5-10(6-4-9)18(12,16)17/h3-6H,1,7H2,2H3,(H2,12,16,17)(H2,13,14,15). The van der Waals surface area contributed by atoms with Gasteiger partial charge in [-0.05, 0) is 24.6 Å². The summed E-state index contributed by atoms with van der Waals surface area (Å²) in [6, 6.07) is 5.59. The lowest BCUT2D eigenvalue weighted by Gasteiger charge is -2.07. The first-order chi connectivity index (χ1) is 8.29. The van der Waals surface area contributed by atoms with E-state index in [-0.39, 0.29) is 17.5 Å². The second-order valence-corrected chi connectivity index (χ2v) is 5.34. The third-order valence-corrected chi connectivity index (χ3v) is 2.96. The molecule has 4 N–H and O–H groups in total. The Morgan fingerprint density at radius 3 is 2.33 bits per heavy atom. The van der Waals surface area contributed by atoms with Crippen LogP contribution in [0.5, 0.6) is 0 Å². The molecule has 0 aromatic heterocycles. The number of nitrogens with one attached hydrogen (secondary N) is 2. The summed E-state index contributed by atoms with van der Waals surface area (Å²) in [5, 5.41) is 10.1. The Morgan fingerprint density at radius 2 is 1.89 bits per heavy atom. The molecule has 0 atom stereocenters. The summed E-state index contributed by atoms with van der Waals surface area (Å²) in [6.07, 6.45) is 0. The van der Waals surface area contributed by atoms with Crippen molar-refractivity contribution in [1.82, 2.24) is 10.6 Å². The fourth-order valence-corrected chi connectivity index (χ4v) is 1.73. The van der Waals surface area contributed by atoms with E-state index >= 15 is 0 Å². The van der Waals surface area contributed by atoms with E-state index in [1.165, 1.54) is 12.1 Å². The van der Waals surface area contributed by atoms with Crippen LogP contribution in [0, 0.1) is 0 Å². The number of urea groups is 1. The summed E-state index contributed by atoms with van der Waals surface area (Å²) >= 11 is 0. The number of benzene rings is 1. The van der Waals surface area contributed by atoms with Gasteiger partial charge in [0, 0.05) is 12.2 Å². The second kappa shape index (κ2) is 5.65. The van der Waals surface area contributed by atoms with Crippen molar-refractivity contribution in [1.29, 1.82) is 0 Å². The number of amides is 2. The minimum Gasteiger partial charge on any atom is -0.334 e. The summed E-state index contributed by atoms with van der Waals surface area (Å²) < 4.78 is 22.0. The van der Waals surface area contributed by atoms with Gasteiger partial charge >= 0.3 is 6.03 Å². The molecule has 1 rings (SSSR count). The van der Waals surface area contributed by atoms with Crippen molar-refractivity contribution < 1.29 is 13.2 Å². The van der Waals surface area contributed by atoms with Gasteiger partial charge in [0.1, 0.15) is 0 Å². The van der Waals surface area contributed by atoms with Crippen LogP contribution >= 0.6 is 0 Å². The zero-order valence-corrected chi connectivity index (χ0v) is 10.8. The van der Waals surface area contributed by atoms with Crippen molar-refractivity contribution in [3.8, 4) is 0 Å². The zero-order valence-electron chi connectivity index (χ0n) is 9.93. The van der Waals surface area contributed by atoms with Crippen LogP contribution in [0.1, 0.15) is 12.5 Å². The van der Waals surface area contributed by atoms with Gasteiger partial charge in [-0.2, -0.15) is 0 Å². The molecule has 0 aliphatic rings. The first-order valence-electron chi connectivity index (χ1n) is 5.11. The summed E-state index contributed by atoms with van der Waals surface area (Å²) in [5.41, 5.74) is 1.30. The first kappa shape index (κ1) is 14.2. The lowest BCUT2D eigenvalue weighted by atomic mass is 10.2. The van der Waals surface area contributed by atoms with Crippen molar-refractivity contribution in [2.45, 2.75) is 18.4 Å². The van der Waals surface area contributed by atoms with Crippen LogP contribution in [0.2, 0.25) is 0 Å². The number of primary sulfonamides is 1. The normalized spacial score (nSPS) is 10.8. The van der Waals surface area contributed by atoms with E-state index in [9.17, 15) is 13.2 Å². The maximum Gasteiger partial charge on any atom is 0.319 e. The molecule has 98 valence electrons. The van der Waals surface area contributed by atoms with Gasteiger partial charge in [0.25, 0.3) is 0 Å². The van der Waals surface area contributed by atoms with Gasteiger partial charge in [-0.3, -0.25) is 0 Å². The number of hydrogen-bond donors (Lipinski definition) is 3. The second-order valence-electron chi connectivity index (χ2n) is 3.78. The van der Waals surface area contributed by atoms with Gasteiger partial charge in [0.15, 0.2) is 0 Å². The molecule has 0 saturated heterocycles. The number of hydrogen-bond acceptors (Lipinski definition) is 3. The monoisotopic (exact) mass is 269 g/mol. The van der Waals surface area contributed by atoms with E-state index in [4.69, 9.17) is 5.14 Å². The van der Waals surface area contributed by atoms with Gasteiger partial charge in [0.05, 0.1) is 4.90 Å². The molecule has 0 fully saturated rings. The molecule has 2 amide bonds. The largest absolute Gasteiger partial charge is 0.334 e. The third kappa shape index (κ3) is 4.56. The number of allylic oxidation sites excluding steroid dienone is 1. The topological polar surface area (TPSA) is 101 Å². The van der Waals surface area contributed by atoms with E-state index in [2.05, 4.69) is 17.2 Å². The Labute approximate surface area is 106 Å². The molecular weight excluding hydrogens is 254 g/mol. The lowest BCUT2D eigenvalue weighted by Crippen LogP contribution is -2.33. The highest BCUT2D eigenvalue weighted by molar-refractivity contribution is 7.89. The highest BCUT2D eigenvalue weighted by Crippen LogP contribution is 2.08. The van der Waals surface area contributed by atoms with Gasteiger partial charge in [-0.15, -0.1) is 0 Å². The van der Waals surface area contributed by atoms with Gasteiger partial charge < -0.3 is 10.6 Å². The lowest BCUT2D eigenvalue weighted by molar-refractivity contribution is 0.243. The van der Waals surface area contributed by atoms with E-state index < -0.39 is 10.0 Å².